The molecule has 0 bridgehead atoms. The van der Waals surface area contributed by atoms with E-state index in [2.05, 4.69) is 13.8 Å². The summed E-state index contributed by atoms with van der Waals surface area (Å²) in [6, 6.07) is 0. The molecule has 0 aliphatic carbocycles. The summed E-state index contributed by atoms with van der Waals surface area (Å²) >= 11 is 0. The van der Waals surface area contributed by atoms with Gasteiger partial charge < -0.3 is 14.9 Å². The van der Waals surface area contributed by atoms with Crippen LogP contribution in [-0.4, -0.2) is 40.5 Å². The Bertz CT molecular complexity index is 279. The molecule has 0 spiro atoms. The first kappa shape index (κ1) is 14.5. The summed E-state index contributed by atoms with van der Waals surface area (Å²) in [5, 5.41) is 18.6. The van der Waals surface area contributed by atoms with E-state index in [1.54, 1.807) is 4.90 Å². The lowest BCUT2D eigenvalue weighted by atomic mass is 9.76. The highest BCUT2D eigenvalue weighted by Crippen LogP contribution is 2.31. The zero-order chi connectivity index (χ0) is 13.2. The summed E-state index contributed by atoms with van der Waals surface area (Å²) in [4.78, 5) is 14.1. The second-order valence-corrected chi connectivity index (χ2v) is 6.10. The molecular formula is C12H24BNO3. The molecule has 0 saturated carbocycles. The van der Waals surface area contributed by atoms with Crippen molar-refractivity contribution in [2.45, 2.75) is 52.9 Å². The molecule has 5 heteroatoms. The van der Waals surface area contributed by atoms with E-state index in [4.69, 9.17) is 0 Å². The summed E-state index contributed by atoms with van der Waals surface area (Å²) in [5.74, 6) is 0.0739. The van der Waals surface area contributed by atoms with Gasteiger partial charge in [-0.2, -0.15) is 0 Å². The molecule has 4 nitrogen and oxygen atoms in total. The molecule has 1 aliphatic heterocycles. The third-order valence-corrected chi connectivity index (χ3v) is 3.40. The Morgan fingerprint density at radius 2 is 2.06 bits per heavy atom. The van der Waals surface area contributed by atoms with Crippen LogP contribution >= 0.6 is 0 Å². The zero-order valence-electron chi connectivity index (χ0n) is 11.3. The Balaban J connectivity index is 2.74. The van der Waals surface area contributed by atoms with Gasteiger partial charge in [-0.15, -0.1) is 0 Å². The molecule has 0 aromatic rings. The van der Waals surface area contributed by atoms with Gasteiger partial charge in [0.2, 0.25) is 5.91 Å². The average Bonchev–Trinajstić information content (AvgIpc) is 2.62. The normalized spacial score (nSPS) is 21.1. The number of rotatable bonds is 4. The Hall–Kier alpha value is -0.545. The van der Waals surface area contributed by atoms with Crippen LogP contribution in [0.1, 0.15) is 47.0 Å². The number of hydrogen-bond donors (Lipinski definition) is 2. The molecule has 0 radical (unpaired) electrons. The fraction of sp³-hybridized carbons (Fsp3) is 0.917. The second-order valence-electron chi connectivity index (χ2n) is 6.10. The van der Waals surface area contributed by atoms with Crippen molar-refractivity contribution in [1.29, 1.82) is 0 Å². The van der Waals surface area contributed by atoms with E-state index in [1.165, 1.54) is 0 Å². The van der Waals surface area contributed by atoms with Crippen molar-refractivity contribution in [3.05, 3.63) is 0 Å². The first-order valence-electron chi connectivity index (χ1n) is 6.43. The number of amides is 1. The standard InChI is InChI=1S/C12H24BNO3/c1-9(2)8-12(3,4)11(15)14-7-5-6-10(14)13(16)17/h9-10,16-17H,5-8H2,1-4H3. The van der Waals surface area contributed by atoms with Crippen molar-refractivity contribution < 1.29 is 14.8 Å². The molecule has 1 amide bonds. The van der Waals surface area contributed by atoms with Crippen molar-refractivity contribution in [3.63, 3.8) is 0 Å². The molecule has 98 valence electrons. The Labute approximate surface area is 104 Å². The van der Waals surface area contributed by atoms with Gasteiger partial charge in [0.05, 0.1) is 5.94 Å². The van der Waals surface area contributed by atoms with E-state index in [-0.39, 0.29) is 5.91 Å². The van der Waals surface area contributed by atoms with Gasteiger partial charge >= 0.3 is 7.12 Å². The molecule has 1 saturated heterocycles. The minimum absolute atomic E-state index is 0.0433. The first-order valence-corrected chi connectivity index (χ1v) is 6.43. The van der Waals surface area contributed by atoms with Crippen LogP contribution in [0.4, 0.5) is 0 Å². The molecule has 1 unspecified atom stereocenters. The van der Waals surface area contributed by atoms with Gasteiger partial charge in [0.1, 0.15) is 0 Å². The highest BCUT2D eigenvalue weighted by molar-refractivity contribution is 6.43. The Morgan fingerprint density at radius 1 is 1.47 bits per heavy atom. The van der Waals surface area contributed by atoms with E-state index in [9.17, 15) is 14.8 Å². The van der Waals surface area contributed by atoms with E-state index in [0.29, 0.717) is 18.9 Å². The van der Waals surface area contributed by atoms with Gasteiger partial charge in [-0.25, -0.2) is 0 Å². The lowest BCUT2D eigenvalue weighted by Gasteiger charge is -2.33. The largest absolute Gasteiger partial charge is 0.475 e. The van der Waals surface area contributed by atoms with Crippen LogP contribution in [0.15, 0.2) is 0 Å². The minimum Gasteiger partial charge on any atom is -0.426 e. The molecular weight excluding hydrogens is 217 g/mol. The van der Waals surface area contributed by atoms with Crippen molar-refractivity contribution in [2.75, 3.05) is 6.54 Å². The molecule has 1 atom stereocenters. The number of nitrogens with zero attached hydrogens (tertiary/aromatic N) is 1. The molecule has 0 aromatic carbocycles. The summed E-state index contributed by atoms with van der Waals surface area (Å²) in [5.41, 5.74) is -0.425. The summed E-state index contributed by atoms with van der Waals surface area (Å²) in [7, 11) is -1.42. The molecule has 0 aromatic heterocycles. The first-order chi connectivity index (χ1) is 7.75. The highest BCUT2D eigenvalue weighted by atomic mass is 16.4. The van der Waals surface area contributed by atoms with Crippen molar-refractivity contribution in [2.24, 2.45) is 11.3 Å². The summed E-state index contributed by atoms with van der Waals surface area (Å²) in [6.45, 7) is 8.71. The topological polar surface area (TPSA) is 60.8 Å². The Morgan fingerprint density at radius 3 is 2.53 bits per heavy atom. The summed E-state index contributed by atoms with van der Waals surface area (Å²) < 4.78 is 0. The van der Waals surface area contributed by atoms with Crippen LogP contribution in [0.3, 0.4) is 0 Å². The molecule has 1 fully saturated rings. The van der Waals surface area contributed by atoms with Crippen molar-refractivity contribution in [3.8, 4) is 0 Å². The number of carbonyl (C=O) groups is 1. The lowest BCUT2D eigenvalue weighted by molar-refractivity contribution is -0.141. The van der Waals surface area contributed by atoms with Gasteiger partial charge in [0.25, 0.3) is 0 Å². The van der Waals surface area contributed by atoms with Crippen LogP contribution in [0.5, 0.6) is 0 Å². The molecule has 1 heterocycles. The molecule has 17 heavy (non-hydrogen) atoms. The maximum Gasteiger partial charge on any atom is 0.475 e. The van der Waals surface area contributed by atoms with Crippen molar-refractivity contribution >= 4 is 13.0 Å². The average molecular weight is 241 g/mol. The van der Waals surface area contributed by atoms with E-state index in [1.807, 2.05) is 13.8 Å². The molecule has 2 N–H and O–H groups in total. The van der Waals surface area contributed by atoms with Crippen LogP contribution in [0.25, 0.3) is 0 Å². The third kappa shape index (κ3) is 3.46. The van der Waals surface area contributed by atoms with Gasteiger partial charge in [0.15, 0.2) is 0 Å². The molecule has 1 aliphatic rings. The molecule has 1 rings (SSSR count). The SMILES string of the molecule is CC(C)CC(C)(C)C(=O)N1CCCC1B(O)O. The van der Waals surface area contributed by atoms with Gasteiger partial charge in [-0.1, -0.05) is 27.7 Å². The smallest absolute Gasteiger partial charge is 0.426 e. The minimum atomic E-state index is -1.42. The summed E-state index contributed by atoms with van der Waals surface area (Å²) in [6.07, 6.45) is 2.35. The quantitative estimate of drug-likeness (QED) is 0.723. The van der Waals surface area contributed by atoms with Gasteiger partial charge in [-0.3, -0.25) is 4.79 Å². The van der Waals surface area contributed by atoms with E-state index in [0.717, 1.165) is 12.8 Å². The number of likely N-dealkylation sites (tertiary alicyclic amines) is 1. The van der Waals surface area contributed by atoms with Gasteiger partial charge in [0, 0.05) is 12.0 Å². The highest BCUT2D eigenvalue weighted by Gasteiger charge is 2.42. The maximum absolute atomic E-state index is 12.4. The predicted octanol–water partition coefficient (Wildman–Crippen LogP) is 1.06. The van der Waals surface area contributed by atoms with E-state index < -0.39 is 18.5 Å². The van der Waals surface area contributed by atoms with Crippen LogP contribution in [0, 0.1) is 11.3 Å². The van der Waals surface area contributed by atoms with Gasteiger partial charge in [-0.05, 0) is 25.2 Å². The second kappa shape index (κ2) is 5.40. The monoisotopic (exact) mass is 241 g/mol. The third-order valence-electron chi connectivity index (χ3n) is 3.40. The maximum atomic E-state index is 12.4. The predicted molar refractivity (Wildman–Crippen MR) is 68.2 cm³/mol. The lowest BCUT2D eigenvalue weighted by Crippen LogP contribution is -2.50. The number of hydrogen-bond acceptors (Lipinski definition) is 3. The van der Waals surface area contributed by atoms with E-state index >= 15 is 0 Å². The Kier molecular flexibility index (Phi) is 4.61. The van der Waals surface area contributed by atoms with Crippen LogP contribution < -0.4 is 0 Å². The van der Waals surface area contributed by atoms with Crippen LogP contribution in [-0.2, 0) is 4.79 Å². The number of carbonyl (C=O) groups excluding carboxylic acids is 1. The van der Waals surface area contributed by atoms with Crippen molar-refractivity contribution in [1.82, 2.24) is 4.90 Å². The fourth-order valence-corrected chi connectivity index (χ4v) is 2.85. The fourth-order valence-electron chi connectivity index (χ4n) is 2.85. The zero-order valence-corrected chi connectivity index (χ0v) is 11.3. The van der Waals surface area contributed by atoms with Crippen LogP contribution in [0.2, 0.25) is 0 Å².